The van der Waals surface area contributed by atoms with Crippen molar-refractivity contribution >= 4 is 33.6 Å². The number of alkyl halides is 3. The molecule has 0 atom stereocenters. The smallest absolute Gasteiger partial charge is 0.416 e. The average molecular weight is 734 g/mol. The van der Waals surface area contributed by atoms with Gasteiger partial charge in [0.25, 0.3) is 0 Å². The second kappa shape index (κ2) is 15.4. The van der Waals surface area contributed by atoms with Crippen LogP contribution in [0.25, 0.3) is 44.5 Å². The highest BCUT2D eigenvalue weighted by Gasteiger charge is 2.30. The summed E-state index contributed by atoms with van der Waals surface area (Å²) in [5.74, 6) is 2.45. The molecule has 0 N–H and O–H groups in total. The molecule has 9 nitrogen and oxygen atoms in total. The number of benzene rings is 4. The van der Waals surface area contributed by atoms with Gasteiger partial charge in [-0.3, -0.25) is 4.79 Å². The Bertz CT molecular complexity index is 2270. The van der Waals surface area contributed by atoms with Crippen LogP contribution in [0, 0.1) is 0 Å². The number of nitrogens with zero attached hydrogens (tertiary/aromatic N) is 1. The number of rotatable bonds is 13. The monoisotopic (exact) mass is 733 g/mol. The Balaban J connectivity index is 1.30. The van der Waals surface area contributed by atoms with Gasteiger partial charge in [-0.2, -0.15) is 13.2 Å². The highest BCUT2D eigenvalue weighted by atomic mass is 32.2. The van der Waals surface area contributed by atoms with Crippen molar-refractivity contribution in [2.75, 3.05) is 47.9 Å². The molecule has 0 unspecified atom stereocenters. The van der Waals surface area contributed by atoms with Gasteiger partial charge in [-0.05, 0) is 42.8 Å². The molecule has 0 bridgehead atoms. The number of methoxy groups -OCH3 is 5. The molecule has 52 heavy (non-hydrogen) atoms. The van der Waals surface area contributed by atoms with Crippen LogP contribution in [0.4, 0.5) is 13.2 Å². The maximum absolute atomic E-state index is 14.1. The number of aromatic nitrogens is 1. The summed E-state index contributed by atoms with van der Waals surface area (Å²) >= 11 is 1.55. The van der Waals surface area contributed by atoms with E-state index >= 15 is 0 Å². The van der Waals surface area contributed by atoms with E-state index in [1.54, 1.807) is 36.0 Å². The van der Waals surface area contributed by atoms with Gasteiger partial charge in [-0.1, -0.05) is 30.3 Å². The van der Waals surface area contributed by atoms with Gasteiger partial charge >= 0.3 is 6.18 Å². The zero-order valence-corrected chi connectivity index (χ0v) is 29.7. The summed E-state index contributed by atoms with van der Waals surface area (Å²) in [4.78, 5) is 19.8. The van der Waals surface area contributed by atoms with Gasteiger partial charge in [0.2, 0.25) is 16.9 Å². The number of pyridine rings is 1. The van der Waals surface area contributed by atoms with E-state index in [1.165, 1.54) is 47.7 Å². The summed E-state index contributed by atoms with van der Waals surface area (Å²) in [6.45, 7) is 0.147. The Hall–Kier alpha value is -5.56. The number of halogens is 3. The van der Waals surface area contributed by atoms with E-state index in [0.29, 0.717) is 57.5 Å². The number of ether oxygens (including phenoxy) is 6. The predicted octanol–water partition coefficient (Wildman–Crippen LogP) is 9.30. The molecular weight excluding hydrogens is 699 g/mol. The van der Waals surface area contributed by atoms with Gasteiger partial charge in [0.05, 0.1) is 58.9 Å². The topological polar surface area (TPSA) is 98.5 Å². The van der Waals surface area contributed by atoms with E-state index in [1.807, 2.05) is 30.3 Å². The number of para-hydroxylation sites is 1. The summed E-state index contributed by atoms with van der Waals surface area (Å²) in [5.41, 5.74) is 1.34. The van der Waals surface area contributed by atoms with Crippen LogP contribution >= 0.6 is 11.8 Å². The first kappa shape index (κ1) is 36.2. The highest BCUT2D eigenvalue weighted by Crippen LogP contribution is 2.44. The van der Waals surface area contributed by atoms with Crippen molar-refractivity contribution in [2.24, 2.45) is 0 Å². The van der Waals surface area contributed by atoms with Crippen LogP contribution in [0.1, 0.15) is 12.0 Å². The third-order valence-electron chi connectivity index (χ3n) is 8.25. The Morgan fingerprint density at radius 2 is 1.44 bits per heavy atom. The molecule has 6 aromatic rings. The maximum atomic E-state index is 14.1. The van der Waals surface area contributed by atoms with Crippen molar-refractivity contribution in [1.29, 1.82) is 0 Å². The van der Waals surface area contributed by atoms with Crippen LogP contribution in [-0.4, -0.2) is 52.9 Å². The summed E-state index contributed by atoms with van der Waals surface area (Å²) < 4.78 is 79.7. The molecule has 4 aromatic carbocycles. The second-order valence-corrected chi connectivity index (χ2v) is 12.5. The van der Waals surface area contributed by atoms with Crippen molar-refractivity contribution in [2.45, 2.75) is 17.5 Å². The van der Waals surface area contributed by atoms with Crippen molar-refractivity contribution in [3.8, 4) is 57.1 Å². The first-order valence-electron chi connectivity index (χ1n) is 16.0. The van der Waals surface area contributed by atoms with Crippen LogP contribution in [0.3, 0.4) is 0 Å². The normalized spacial score (nSPS) is 11.5. The lowest BCUT2D eigenvalue weighted by molar-refractivity contribution is -0.137. The number of hydrogen-bond acceptors (Lipinski definition) is 10. The van der Waals surface area contributed by atoms with Crippen LogP contribution in [-0.2, 0) is 6.18 Å². The molecule has 13 heteroatoms. The number of fused-ring (bicyclic) bond motifs is 2. The Labute approximate surface area is 301 Å². The minimum atomic E-state index is -4.43. The number of hydrogen-bond donors (Lipinski definition) is 0. The van der Waals surface area contributed by atoms with Crippen molar-refractivity contribution in [1.82, 2.24) is 4.98 Å². The first-order chi connectivity index (χ1) is 25.1. The second-order valence-electron chi connectivity index (χ2n) is 11.4. The first-order valence-corrected chi connectivity index (χ1v) is 16.9. The van der Waals surface area contributed by atoms with Crippen LogP contribution < -0.4 is 33.8 Å². The van der Waals surface area contributed by atoms with Gasteiger partial charge < -0.3 is 32.8 Å². The molecule has 0 aliphatic heterocycles. The van der Waals surface area contributed by atoms with E-state index in [4.69, 9.17) is 37.8 Å². The van der Waals surface area contributed by atoms with E-state index in [2.05, 4.69) is 0 Å². The van der Waals surface area contributed by atoms with E-state index < -0.39 is 17.2 Å². The third kappa shape index (κ3) is 7.26. The fourth-order valence-electron chi connectivity index (χ4n) is 5.71. The molecule has 6 rings (SSSR count). The maximum Gasteiger partial charge on any atom is 0.416 e. The third-order valence-corrected chi connectivity index (χ3v) is 9.39. The Kier molecular flexibility index (Phi) is 10.7. The molecule has 0 aliphatic carbocycles. The van der Waals surface area contributed by atoms with E-state index in [-0.39, 0.29) is 34.8 Å². The lowest BCUT2D eigenvalue weighted by Crippen LogP contribution is -2.12. The molecule has 0 aliphatic rings. The lowest BCUT2D eigenvalue weighted by atomic mass is 10.1. The summed E-state index contributed by atoms with van der Waals surface area (Å²) in [6, 6.07) is 20.9. The van der Waals surface area contributed by atoms with Crippen molar-refractivity contribution < 1.29 is 46.0 Å². The van der Waals surface area contributed by atoms with Gasteiger partial charge in [-0.25, -0.2) is 4.98 Å². The standard InChI is InChI=1S/C39H34F3NO8S/c1-45-25-19-29(46-2)34-30(20-25)51-36(23-17-31(47-3)37(49-5)32(18-23)48-4)38(35(34)44)50-15-8-16-52-33-21-28(43-27-10-7-6-9-26(27)33)22-11-13-24(14-12-22)39(40,41)42/h6-7,9-14,17-21H,8,15-16H2,1-5H3. The quantitative estimate of drug-likeness (QED) is 0.0844. The average Bonchev–Trinajstić information content (AvgIpc) is 3.16. The zero-order chi connectivity index (χ0) is 37.0. The van der Waals surface area contributed by atoms with Gasteiger partial charge in [0.15, 0.2) is 17.3 Å². The van der Waals surface area contributed by atoms with Gasteiger partial charge in [-0.15, -0.1) is 11.8 Å². The summed E-state index contributed by atoms with van der Waals surface area (Å²) in [6.07, 6.45) is -3.91. The SMILES string of the molecule is COc1cc(OC)c2c(=O)c(OCCCSc3cc(-c4ccc(C(F)(F)F)cc4)nc4ccccc34)c(-c3cc(OC)c(OC)c(OC)c3)oc2c1. The molecule has 0 saturated heterocycles. The molecule has 2 heterocycles. The van der Waals surface area contributed by atoms with E-state index in [0.717, 1.165) is 22.4 Å². The molecular formula is C39H34F3NO8S. The molecule has 0 radical (unpaired) electrons. The minimum absolute atomic E-state index is 0.0332. The van der Waals surface area contributed by atoms with Crippen LogP contribution in [0.2, 0.25) is 0 Å². The van der Waals surface area contributed by atoms with Gasteiger partial charge in [0.1, 0.15) is 22.5 Å². The minimum Gasteiger partial charge on any atom is -0.496 e. The van der Waals surface area contributed by atoms with Crippen LogP contribution in [0.15, 0.2) is 93.0 Å². The Morgan fingerprint density at radius 3 is 2.08 bits per heavy atom. The zero-order valence-electron chi connectivity index (χ0n) is 28.9. The molecule has 270 valence electrons. The molecule has 0 amide bonds. The fourth-order valence-corrected chi connectivity index (χ4v) is 6.72. The largest absolute Gasteiger partial charge is 0.496 e. The van der Waals surface area contributed by atoms with Crippen LogP contribution in [0.5, 0.6) is 34.5 Å². The number of thioether (sulfide) groups is 1. The van der Waals surface area contributed by atoms with Crippen molar-refractivity contribution in [3.05, 3.63) is 94.6 Å². The van der Waals surface area contributed by atoms with Crippen molar-refractivity contribution in [3.63, 3.8) is 0 Å². The Morgan fingerprint density at radius 1 is 0.750 bits per heavy atom. The summed E-state index contributed by atoms with van der Waals surface area (Å²) in [5, 5.41) is 1.09. The van der Waals surface area contributed by atoms with E-state index in [9.17, 15) is 18.0 Å². The lowest BCUT2D eigenvalue weighted by Gasteiger charge is -2.17. The fraction of sp³-hybridized carbons (Fsp3) is 0.231. The molecule has 0 saturated carbocycles. The molecule has 0 fully saturated rings. The molecule has 2 aromatic heterocycles. The summed E-state index contributed by atoms with van der Waals surface area (Å²) in [7, 11) is 7.41. The van der Waals surface area contributed by atoms with Gasteiger partial charge in [0, 0.05) is 39.3 Å². The highest BCUT2D eigenvalue weighted by molar-refractivity contribution is 7.99. The molecule has 0 spiro atoms. The predicted molar refractivity (Wildman–Crippen MR) is 194 cm³/mol.